The third kappa shape index (κ3) is 4.59. The predicted molar refractivity (Wildman–Crippen MR) is 95.6 cm³/mol. The molecule has 1 aromatic heterocycles. The van der Waals surface area contributed by atoms with Gasteiger partial charge in [-0.15, -0.1) is 11.8 Å². The largest absolute Gasteiger partial charge is 0.326 e. The van der Waals surface area contributed by atoms with Crippen LogP contribution in [0.5, 0.6) is 0 Å². The van der Waals surface area contributed by atoms with Crippen LogP contribution in [0.15, 0.2) is 64.3 Å². The van der Waals surface area contributed by atoms with Gasteiger partial charge in [0.1, 0.15) is 5.82 Å². The summed E-state index contributed by atoms with van der Waals surface area (Å²) in [6.07, 6.45) is 0. The number of aromatic amines is 1. The minimum Gasteiger partial charge on any atom is -0.326 e. The second kappa shape index (κ2) is 7.51. The van der Waals surface area contributed by atoms with Gasteiger partial charge in [0.2, 0.25) is 5.95 Å². The lowest BCUT2D eigenvalue weighted by molar-refractivity contribution is 0.628. The van der Waals surface area contributed by atoms with Crippen molar-refractivity contribution in [3.05, 3.63) is 81.5 Å². The lowest BCUT2D eigenvalue weighted by atomic mass is 10.3. The van der Waals surface area contributed by atoms with Crippen molar-refractivity contribution in [1.82, 2.24) is 9.97 Å². The summed E-state index contributed by atoms with van der Waals surface area (Å²) in [5.74, 6) is 0.542. The number of H-pyrrole nitrogens is 1. The molecule has 0 unspecified atom stereocenters. The zero-order valence-electron chi connectivity index (χ0n) is 12.4. The first-order valence-corrected chi connectivity index (χ1v) is 8.46. The van der Waals surface area contributed by atoms with Gasteiger partial charge in [-0.05, 0) is 48.5 Å². The van der Waals surface area contributed by atoms with Gasteiger partial charge in [-0.3, -0.25) is 9.78 Å². The average molecular weight is 362 g/mol. The van der Waals surface area contributed by atoms with E-state index in [2.05, 4.69) is 15.3 Å². The molecule has 0 aliphatic carbocycles. The highest BCUT2D eigenvalue weighted by Crippen LogP contribution is 2.23. The number of nitrogens with zero attached hydrogens (tertiary/aromatic N) is 1. The summed E-state index contributed by atoms with van der Waals surface area (Å²) in [5.41, 5.74) is 1.03. The average Bonchev–Trinajstić information content (AvgIpc) is 2.56. The Hall–Kier alpha value is -2.31. The minimum absolute atomic E-state index is 0.249. The Labute approximate surface area is 147 Å². The van der Waals surface area contributed by atoms with E-state index in [-0.39, 0.29) is 11.4 Å². The Bertz CT molecular complexity index is 882. The lowest BCUT2D eigenvalue weighted by Crippen LogP contribution is -2.11. The molecule has 0 bridgehead atoms. The summed E-state index contributed by atoms with van der Waals surface area (Å²) in [5, 5.41) is 3.64. The van der Waals surface area contributed by atoms with Crippen LogP contribution in [-0.2, 0) is 5.75 Å². The van der Waals surface area contributed by atoms with Crippen LogP contribution in [0.4, 0.5) is 16.0 Å². The van der Waals surface area contributed by atoms with E-state index in [4.69, 9.17) is 11.6 Å². The van der Waals surface area contributed by atoms with Crippen LogP contribution in [0, 0.1) is 5.82 Å². The predicted octanol–water partition coefficient (Wildman–Crippen LogP) is 4.60. The highest BCUT2D eigenvalue weighted by molar-refractivity contribution is 7.98. The number of hydrogen-bond donors (Lipinski definition) is 2. The second-order valence-corrected chi connectivity index (χ2v) is 6.45. The van der Waals surface area contributed by atoms with Gasteiger partial charge in [0, 0.05) is 27.4 Å². The first-order chi connectivity index (χ1) is 11.6. The number of nitrogens with one attached hydrogen (secondary N) is 2. The first kappa shape index (κ1) is 16.5. The number of rotatable bonds is 5. The smallest absolute Gasteiger partial charge is 0.252 e. The van der Waals surface area contributed by atoms with E-state index in [1.807, 2.05) is 24.3 Å². The van der Waals surface area contributed by atoms with Gasteiger partial charge >= 0.3 is 0 Å². The second-order valence-electron chi connectivity index (χ2n) is 4.96. The number of anilines is 2. The van der Waals surface area contributed by atoms with Crippen LogP contribution >= 0.6 is 23.4 Å². The number of benzene rings is 2. The van der Waals surface area contributed by atoms with Gasteiger partial charge in [-0.1, -0.05) is 11.6 Å². The van der Waals surface area contributed by atoms with Gasteiger partial charge in [0.15, 0.2) is 0 Å². The van der Waals surface area contributed by atoms with Crippen molar-refractivity contribution in [3.63, 3.8) is 0 Å². The molecule has 1 heterocycles. The molecular weight excluding hydrogens is 349 g/mol. The minimum atomic E-state index is -0.324. The van der Waals surface area contributed by atoms with Crippen LogP contribution in [-0.4, -0.2) is 9.97 Å². The van der Waals surface area contributed by atoms with Crippen LogP contribution < -0.4 is 10.9 Å². The lowest BCUT2D eigenvalue weighted by Gasteiger charge is -2.07. The molecule has 0 amide bonds. The summed E-state index contributed by atoms with van der Waals surface area (Å²) < 4.78 is 12.9. The van der Waals surface area contributed by atoms with Crippen molar-refractivity contribution in [1.29, 1.82) is 0 Å². The van der Waals surface area contributed by atoms with Crippen molar-refractivity contribution in [2.75, 3.05) is 5.32 Å². The van der Waals surface area contributed by atoms with E-state index >= 15 is 0 Å². The van der Waals surface area contributed by atoms with Gasteiger partial charge in [0.05, 0.1) is 5.69 Å². The Morgan fingerprint density at radius 3 is 2.54 bits per heavy atom. The Morgan fingerprint density at radius 2 is 1.83 bits per heavy atom. The Kier molecular flexibility index (Phi) is 5.17. The summed E-state index contributed by atoms with van der Waals surface area (Å²) in [7, 11) is 0. The molecule has 7 heteroatoms. The SMILES string of the molecule is O=c1cc(CSc2ccc(Cl)cc2)nc(Nc2ccc(F)cc2)[nH]1. The standard InChI is InChI=1S/C17H13ClFN3OS/c18-11-1-7-15(8-2-11)24-10-14-9-16(23)22-17(21-14)20-13-5-3-12(19)4-6-13/h1-9H,10H2,(H2,20,21,22,23). The molecule has 122 valence electrons. The van der Waals surface area contributed by atoms with E-state index in [1.165, 1.54) is 18.2 Å². The van der Waals surface area contributed by atoms with Crippen LogP contribution in [0.25, 0.3) is 0 Å². The normalized spacial score (nSPS) is 10.6. The molecule has 0 fully saturated rings. The first-order valence-electron chi connectivity index (χ1n) is 7.10. The fourth-order valence-electron chi connectivity index (χ4n) is 2.00. The van der Waals surface area contributed by atoms with Crippen LogP contribution in [0.2, 0.25) is 5.02 Å². The Morgan fingerprint density at radius 1 is 1.12 bits per heavy atom. The quantitative estimate of drug-likeness (QED) is 0.652. The highest BCUT2D eigenvalue weighted by atomic mass is 35.5. The van der Waals surface area contributed by atoms with Crippen molar-refractivity contribution >= 4 is 35.0 Å². The van der Waals surface area contributed by atoms with Gasteiger partial charge < -0.3 is 5.32 Å². The molecule has 24 heavy (non-hydrogen) atoms. The zero-order valence-corrected chi connectivity index (χ0v) is 14.0. The fourth-order valence-corrected chi connectivity index (χ4v) is 2.92. The Balaban J connectivity index is 1.72. The van der Waals surface area contributed by atoms with E-state index in [9.17, 15) is 9.18 Å². The molecule has 2 N–H and O–H groups in total. The molecule has 4 nitrogen and oxygen atoms in total. The van der Waals surface area contributed by atoms with E-state index in [0.29, 0.717) is 28.1 Å². The van der Waals surface area contributed by atoms with Gasteiger partial charge in [-0.2, -0.15) is 0 Å². The molecule has 0 saturated carbocycles. The van der Waals surface area contributed by atoms with E-state index in [1.54, 1.807) is 23.9 Å². The molecule has 0 spiro atoms. The molecule has 2 aromatic carbocycles. The van der Waals surface area contributed by atoms with Crippen LogP contribution in [0.1, 0.15) is 5.69 Å². The molecule has 0 radical (unpaired) electrons. The maximum absolute atomic E-state index is 12.9. The van der Waals surface area contributed by atoms with Gasteiger partial charge in [0.25, 0.3) is 5.56 Å². The van der Waals surface area contributed by atoms with E-state index in [0.717, 1.165) is 4.90 Å². The number of hydrogen-bond acceptors (Lipinski definition) is 4. The molecule has 3 rings (SSSR count). The monoisotopic (exact) mass is 361 g/mol. The maximum Gasteiger partial charge on any atom is 0.252 e. The molecule has 3 aromatic rings. The maximum atomic E-state index is 12.9. The molecule has 0 atom stereocenters. The van der Waals surface area contributed by atoms with Crippen LogP contribution in [0.3, 0.4) is 0 Å². The zero-order chi connectivity index (χ0) is 16.9. The summed E-state index contributed by atoms with van der Waals surface area (Å²) in [4.78, 5) is 19.8. The van der Waals surface area contributed by atoms with Crippen molar-refractivity contribution < 1.29 is 4.39 Å². The highest BCUT2D eigenvalue weighted by Gasteiger charge is 2.04. The third-order valence-electron chi connectivity index (χ3n) is 3.10. The molecular formula is C17H13ClFN3OS. The summed E-state index contributed by atoms with van der Waals surface area (Å²) in [6.45, 7) is 0. The van der Waals surface area contributed by atoms with Crippen molar-refractivity contribution in [3.8, 4) is 0 Å². The third-order valence-corrected chi connectivity index (χ3v) is 4.40. The number of thioether (sulfide) groups is 1. The molecule has 0 aliphatic heterocycles. The number of halogens is 2. The molecule has 0 saturated heterocycles. The van der Waals surface area contributed by atoms with Crippen molar-refractivity contribution in [2.45, 2.75) is 10.6 Å². The number of aromatic nitrogens is 2. The summed E-state index contributed by atoms with van der Waals surface area (Å²) >= 11 is 7.41. The van der Waals surface area contributed by atoms with Gasteiger partial charge in [-0.25, -0.2) is 9.37 Å². The fraction of sp³-hybridized carbons (Fsp3) is 0.0588. The topological polar surface area (TPSA) is 57.8 Å². The summed E-state index contributed by atoms with van der Waals surface area (Å²) in [6, 6.07) is 14.7. The molecule has 0 aliphatic rings. The van der Waals surface area contributed by atoms with Crippen molar-refractivity contribution in [2.24, 2.45) is 0 Å². The van der Waals surface area contributed by atoms with E-state index < -0.39 is 0 Å².